The third kappa shape index (κ3) is 1.82. The molecule has 1 aliphatic carbocycles. The smallest absolute Gasteiger partial charge is 0.199 e. The Morgan fingerprint density at radius 1 is 1.22 bits per heavy atom. The lowest BCUT2D eigenvalue weighted by Gasteiger charge is -2.40. The normalized spacial score (nSPS) is 34.4. The first kappa shape index (κ1) is 11.4. The molecule has 0 saturated carbocycles. The minimum atomic E-state index is -1.50. The van der Waals surface area contributed by atoms with Crippen LogP contribution in [0.25, 0.3) is 0 Å². The molecule has 3 rings (SSSR count). The summed E-state index contributed by atoms with van der Waals surface area (Å²) in [4.78, 5) is 12.1. The number of Topliss-reactive ketones (excluding diaryl/α,β-unsaturated/α-hetero) is 1. The van der Waals surface area contributed by atoms with Gasteiger partial charge in [0.15, 0.2) is 5.79 Å². The molecule has 1 fully saturated rings. The zero-order valence-corrected chi connectivity index (χ0v) is 9.82. The lowest BCUT2D eigenvalue weighted by Crippen LogP contribution is -2.48. The molecule has 18 heavy (non-hydrogen) atoms. The van der Waals surface area contributed by atoms with Gasteiger partial charge in [-0.1, -0.05) is 48.6 Å². The third-order valence-electron chi connectivity index (χ3n) is 3.43. The predicted octanol–water partition coefficient (Wildman–Crippen LogP) is 2.15. The van der Waals surface area contributed by atoms with Crippen molar-refractivity contribution in [2.45, 2.75) is 18.3 Å². The molecule has 3 unspecified atom stereocenters. The summed E-state index contributed by atoms with van der Waals surface area (Å²) in [5, 5.41) is 10.4. The molecular weight excluding hydrogens is 228 g/mol. The van der Waals surface area contributed by atoms with Crippen molar-refractivity contribution in [3.63, 3.8) is 0 Å². The summed E-state index contributed by atoms with van der Waals surface area (Å²) in [5.74, 6) is -2.06. The predicted molar refractivity (Wildman–Crippen MR) is 66.6 cm³/mol. The average Bonchev–Trinajstić information content (AvgIpc) is 2.39. The van der Waals surface area contributed by atoms with Crippen molar-refractivity contribution in [2.24, 2.45) is 5.92 Å². The molecule has 92 valence electrons. The molecule has 3 nitrogen and oxygen atoms in total. The Morgan fingerprint density at radius 2 is 2.00 bits per heavy atom. The van der Waals surface area contributed by atoms with Crippen LogP contribution in [-0.4, -0.2) is 16.7 Å². The molecule has 0 amide bonds. The van der Waals surface area contributed by atoms with Crippen LogP contribution in [0.4, 0.5) is 0 Å². The van der Waals surface area contributed by atoms with Crippen molar-refractivity contribution in [1.29, 1.82) is 0 Å². The Morgan fingerprint density at radius 3 is 2.78 bits per heavy atom. The second kappa shape index (κ2) is 4.19. The Hall–Kier alpha value is -1.71. The number of allylic oxidation sites excluding steroid dienone is 2. The summed E-state index contributed by atoms with van der Waals surface area (Å²) in [7, 11) is 0. The van der Waals surface area contributed by atoms with Gasteiger partial charge in [0.1, 0.15) is 5.78 Å². The molecule has 1 aromatic rings. The monoisotopic (exact) mass is 242 g/mol. The molecule has 0 radical (unpaired) electrons. The lowest BCUT2D eigenvalue weighted by atomic mass is 9.83. The van der Waals surface area contributed by atoms with Gasteiger partial charge in [-0.3, -0.25) is 4.79 Å². The van der Waals surface area contributed by atoms with Crippen LogP contribution in [0.2, 0.25) is 0 Å². The van der Waals surface area contributed by atoms with Gasteiger partial charge in [-0.05, 0) is 11.6 Å². The molecule has 1 heterocycles. The number of rotatable bonds is 1. The molecule has 1 N–H and O–H groups in total. The van der Waals surface area contributed by atoms with Crippen LogP contribution >= 0.6 is 0 Å². The molecule has 0 aromatic heterocycles. The molecule has 0 bridgehead atoms. The van der Waals surface area contributed by atoms with E-state index in [1.54, 1.807) is 24.3 Å². The van der Waals surface area contributed by atoms with Gasteiger partial charge in [-0.15, -0.1) is 0 Å². The number of ketones is 1. The number of fused-ring (bicyclic) bond motifs is 1. The van der Waals surface area contributed by atoms with Gasteiger partial charge < -0.3 is 9.84 Å². The SMILES string of the molecule is O=C1CC(c2ccccc2)OC2(O)C=CC=CC12. The first-order chi connectivity index (χ1) is 8.69. The first-order valence-electron chi connectivity index (χ1n) is 6.03. The van der Waals surface area contributed by atoms with E-state index in [1.807, 2.05) is 30.3 Å². The van der Waals surface area contributed by atoms with Crippen molar-refractivity contribution in [3.8, 4) is 0 Å². The number of aliphatic hydroxyl groups is 1. The van der Waals surface area contributed by atoms with Crippen LogP contribution in [0.3, 0.4) is 0 Å². The summed E-state index contributed by atoms with van der Waals surface area (Å²) in [6.45, 7) is 0. The summed E-state index contributed by atoms with van der Waals surface area (Å²) in [6, 6.07) is 9.52. The van der Waals surface area contributed by atoms with Gasteiger partial charge in [0.25, 0.3) is 0 Å². The minimum Gasteiger partial charge on any atom is -0.361 e. The maximum Gasteiger partial charge on any atom is 0.199 e. The Bertz CT molecular complexity index is 518. The summed E-state index contributed by atoms with van der Waals surface area (Å²) in [5.41, 5.74) is 0.917. The maximum atomic E-state index is 12.1. The van der Waals surface area contributed by atoms with Crippen LogP contribution in [0, 0.1) is 5.92 Å². The van der Waals surface area contributed by atoms with E-state index < -0.39 is 11.7 Å². The second-order valence-corrected chi connectivity index (χ2v) is 4.66. The van der Waals surface area contributed by atoms with Crippen LogP contribution in [0.15, 0.2) is 54.6 Å². The highest BCUT2D eigenvalue weighted by Gasteiger charge is 2.46. The molecule has 0 spiro atoms. The highest BCUT2D eigenvalue weighted by molar-refractivity contribution is 5.85. The van der Waals surface area contributed by atoms with E-state index in [9.17, 15) is 9.90 Å². The van der Waals surface area contributed by atoms with Crippen molar-refractivity contribution in [1.82, 2.24) is 0 Å². The van der Waals surface area contributed by atoms with E-state index in [-0.39, 0.29) is 11.9 Å². The van der Waals surface area contributed by atoms with E-state index in [1.165, 1.54) is 0 Å². The highest BCUT2D eigenvalue weighted by atomic mass is 16.6. The Balaban J connectivity index is 1.92. The fraction of sp³-hybridized carbons (Fsp3) is 0.267. The molecule has 1 aromatic carbocycles. The van der Waals surface area contributed by atoms with Crippen molar-refractivity contribution < 1.29 is 14.6 Å². The van der Waals surface area contributed by atoms with Crippen molar-refractivity contribution in [2.75, 3.05) is 0 Å². The molecule has 1 aliphatic heterocycles. The number of benzene rings is 1. The van der Waals surface area contributed by atoms with Crippen LogP contribution in [0.5, 0.6) is 0 Å². The standard InChI is InChI=1S/C15H14O3/c16-13-10-14(11-6-2-1-3-7-11)18-15(17)9-5-4-8-12(13)15/h1-9,12,14,17H,10H2. The molecule has 2 aliphatic rings. The second-order valence-electron chi connectivity index (χ2n) is 4.66. The highest BCUT2D eigenvalue weighted by Crippen LogP contribution is 2.40. The van der Waals surface area contributed by atoms with E-state index in [0.717, 1.165) is 5.56 Å². The van der Waals surface area contributed by atoms with Crippen molar-refractivity contribution in [3.05, 3.63) is 60.2 Å². The number of carbonyl (C=O) groups is 1. The van der Waals surface area contributed by atoms with Crippen LogP contribution < -0.4 is 0 Å². The van der Waals surface area contributed by atoms with Gasteiger partial charge in [0.05, 0.1) is 12.0 Å². The van der Waals surface area contributed by atoms with Gasteiger partial charge in [-0.2, -0.15) is 0 Å². The zero-order valence-electron chi connectivity index (χ0n) is 9.82. The molecule has 3 heteroatoms. The quantitative estimate of drug-likeness (QED) is 0.820. The summed E-state index contributed by atoms with van der Waals surface area (Å²) >= 11 is 0. The molecule has 1 saturated heterocycles. The zero-order chi connectivity index (χ0) is 12.6. The number of ether oxygens (including phenoxy) is 1. The molecular formula is C15H14O3. The summed E-state index contributed by atoms with van der Waals surface area (Å²) < 4.78 is 5.73. The number of hydrogen-bond acceptors (Lipinski definition) is 3. The largest absolute Gasteiger partial charge is 0.361 e. The molecule has 3 atom stereocenters. The third-order valence-corrected chi connectivity index (χ3v) is 3.43. The topological polar surface area (TPSA) is 46.5 Å². The van der Waals surface area contributed by atoms with E-state index in [4.69, 9.17) is 4.74 Å². The number of hydrogen-bond donors (Lipinski definition) is 1. The Kier molecular flexibility index (Phi) is 2.65. The average molecular weight is 242 g/mol. The first-order valence-corrected chi connectivity index (χ1v) is 6.03. The van der Waals surface area contributed by atoms with Gasteiger partial charge in [-0.25, -0.2) is 0 Å². The van der Waals surface area contributed by atoms with Gasteiger partial charge >= 0.3 is 0 Å². The van der Waals surface area contributed by atoms with E-state index >= 15 is 0 Å². The van der Waals surface area contributed by atoms with Crippen LogP contribution in [-0.2, 0) is 9.53 Å². The van der Waals surface area contributed by atoms with Crippen LogP contribution in [0.1, 0.15) is 18.1 Å². The minimum absolute atomic E-state index is 0.0122. The van der Waals surface area contributed by atoms with E-state index in [2.05, 4.69) is 0 Å². The fourth-order valence-electron chi connectivity index (χ4n) is 2.49. The van der Waals surface area contributed by atoms with Gasteiger partial charge in [0.2, 0.25) is 0 Å². The maximum absolute atomic E-state index is 12.1. The summed E-state index contributed by atoms with van der Waals surface area (Å²) in [6.07, 6.45) is 6.64. The van der Waals surface area contributed by atoms with Gasteiger partial charge in [0, 0.05) is 6.42 Å². The lowest BCUT2D eigenvalue weighted by molar-refractivity contribution is -0.236. The van der Waals surface area contributed by atoms with E-state index in [0.29, 0.717) is 6.42 Å². The van der Waals surface area contributed by atoms with Crippen molar-refractivity contribution >= 4 is 5.78 Å². The number of carbonyl (C=O) groups excluding carboxylic acids is 1. The Labute approximate surface area is 105 Å². The fourth-order valence-corrected chi connectivity index (χ4v) is 2.49.